The molecule has 1 aliphatic heterocycles. The van der Waals surface area contributed by atoms with Gasteiger partial charge in [-0.05, 0) is 37.6 Å². The molecule has 126 valence electrons. The number of benzene rings is 1. The van der Waals surface area contributed by atoms with Crippen molar-refractivity contribution in [2.75, 3.05) is 23.4 Å². The predicted octanol–water partition coefficient (Wildman–Crippen LogP) is 2.43. The van der Waals surface area contributed by atoms with E-state index in [0.717, 1.165) is 18.7 Å². The Hall–Kier alpha value is -2.89. The molecule has 0 saturated carbocycles. The third-order valence-electron chi connectivity index (χ3n) is 3.42. The van der Waals surface area contributed by atoms with Gasteiger partial charge in [0.05, 0.1) is 0 Å². The number of carbonyl (C=O) groups excluding carboxylic acids is 3. The second-order valence-electron chi connectivity index (χ2n) is 5.24. The highest BCUT2D eigenvalue weighted by Crippen LogP contribution is 2.22. The fraction of sp³-hybridized carbons (Fsp3) is 0.278. The van der Waals surface area contributed by atoms with Crippen LogP contribution in [0.2, 0.25) is 0 Å². The zero-order valence-electron chi connectivity index (χ0n) is 13.5. The smallest absolute Gasteiger partial charge is 0.331 e. The van der Waals surface area contributed by atoms with Gasteiger partial charge < -0.3 is 15.0 Å². The van der Waals surface area contributed by atoms with Gasteiger partial charge in [0.2, 0.25) is 5.91 Å². The normalized spacial score (nSPS) is 14.5. The van der Waals surface area contributed by atoms with Crippen LogP contribution in [0.5, 0.6) is 0 Å². The summed E-state index contributed by atoms with van der Waals surface area (Å²) in [5.74, 6) is -0.886. The average molecular weight is 328 g/mol. The average Bonchev–Trinajstić information content (AvgIpc) is 3.00. The highest BCUT2D eigenvalue weighted by Gasteiger charge is 2.21. The Morgan fingerprint density at radius 1 is 1.25 bits per heavy atom. The number of allylic oxidation sites excluding steroid dienone is 3. The second kappa shape index (κ2) is 8.67. The SMILES string of the molecule is C/C=C/C=C/C(=O)OCC(=O)Nc1ccc(N2CCCC2=O)cc1. The van der Waals surface area contributed by atoms with Crippen molar-refractivity contribution in [2.24, 2.45) is 0 Å². The zero-order chi connectivity index (χ0) is 17.4. The van der Waals surface area contributed by atoms with Crippen LogP contribution >= 0.6 is 0 Å². The molecule has 0 unspecified atom stereocenters. The molecule has 6 heteroatoms. The van der Waals surface area contributed by atoms with Crippen molar-refractivity contribution in [3.63, 3.8) is 0 Å². The van der Waals surface area contributed by atoms with E-state index in [9.17, 15) is 14.4 Å². The van der Waals surface area contributed by atoms with E-state index in [4.69, 9.17) is 4.74 Å². The Labute approximate surface area is 140 Å². The van der Waals surface area contributed by atoms with Gasteiger partial charge in [-0.25, -0.2) is 4.79 Å². The fourth-order valence-corrected chi connectivity index (χ4v) is 2.27. The third-order valence-corrected chi connectivity index (χ3v) is 3.42. The maximum Gasteiger partial charge on any atom is 0.331 e. The quantitative estimate of drug-likeness (QED) is 0.494. The molecule has 24 heavy (non-hydrogen) atoms. The van der Waals surface area contributed by atoms with E-state index in [-0.39, 0.29) is 12.5 Å². The van der Waals surface area contributed by atoms with Gasteiger partial charge in [0.15, 0.2) is 6.61 Å². The molecular weight excluding hydrogens is 308 g/mol. The van der Waals surface area contributed by atoms with Crippen LogP contribution in [0, 0.1) is 0 Å². The first-order valence-electron chi connectivity index (χ1n) is 7.76. The van der Waals surface area contributed by atoms with E-state index in [1.54, 1.807) is 47.4 Å². The first-order chi connectivity index (χ1) is 11.6. The Kier molecular flexibility index (Phi) is 6.31. The molecule has 0 aliphatic carbocycles. The number of esters is 1. The Balaban J connectivity index is 1.81. The van der Waals surface area contributed by atoms with Crippen molar-refractivity contribution >= 4 is 29.2 Å². The van der Waals surface area contributed by atoms with E-state index in [1.807, 2.05) is 6.92 Å². The van der Waals surface area contributed by atoms with Gasteiger partial charge in [0.1, 0.15) is 0 Å². The molecule has 0 bridgehead atoms. The highest BCUT2D eigenvalue weighted by molar-refractivity contribution is 5.96. The second-order valence-corrected chi connectivity index (χ2v) is 5.24. The Morgan fingerprint density at radius 2 is 2.00 bits per heavy atom. The topological polar surface area (TPSA) is 75.7 Å². The summed E-state index contributed by atoms with van der Waals surface area (Å²) >= 11 is 0. The van der Waals surface area contributed by atoms with E-state index < -0.39 is 11.9 Å². The number of amides is 2. The molecule has 0 radical (unpaired) electrons. The van der Waals surface area contributed by atoms with E-state index >= 15 is 0 Å². The van der Waals surface area contributed by atoms with Crippen molar-refractivity contribution in [1.29, 1.82) is 0 Å². The summed E-state index contributed by atoms with van der Waals surface area (Å²) in [6.07, 6.45) is 7.69. The Bertz CT molecular complexity index is 662. The minimum Gasteiger partial charge on any atom is -0.452 e. The number of hydrogen-bond donors (Lipinski definition) is 1. The standard InChI is InChI=1S/C18H20N2O4/c1-2-3-4-7-18(23)24-13-16(21)19-14-8-10-15(11-9-14)20-12-5-6-17(20)22/h2-4,7-11H,5-6,12-13H2,1H3,(H,19,21)/b3-2+,7-4+. The maximum atomic E-state index is 11.7. The summed E-state index contributed by atoms with van der Waals surface area (Å²) in [6.45, 7) is 2.20. The molecule has 1 fully saturated rings. The van der Waals surface area contributed by atoms with Gasteiger partial charge in [-0.15, -0.1) is 0 Å². The Morgan fingerprint density at radius 3 is 2.62 bits per heavy atom. The molecule has 2 rings (SSSR count). The van der Waals surface area contributed by atoms with Gasteiger partial charge in [-0.3, -0.25) is 9.59 Å². The molecule has 1 N–H and O–H groups in total. The van der Waals surface area contributed by atoms with Crippen LogP contribution in [0.3, 0.4) is 0 Å². The molecule has 1 aliphatic rings. The molecule has 6 nitrogen and oxygen atoms in total. The molecule has 1 heterocycles. The molecular formula is C18H20N2O4. The van der Waals surface area contributed by atoms with Crippen molar-refractivity contribution in [2.45, 2.75) is 19.8 Å². The summed E-state index contributed by atoms with van der Waals surface area (Å²) in [4.78, 5) is 36.5. The van der Waals surface area contributed by atoms with Crippen LogP contribution in [0.15, 0.2) is 48.6 Å². The number of ether oxygens (including phenoxy) is 1. The molecule has 2 amide bonds. The maximum absolute atomic E-state index is 11.7. The van der Waals surface area contributed by atoms with Crippen molar-refractivity contribution in [3.8, 4) is 0 Å². The van der Waals surface area contributed by atoms with Gasteiger partial charge >= 0.3 is 5.97 Å². The fourth-order valence-electron chi connectivity index (χ4n) is 2.27. The number of hydrogen-bond acceptors (Lipinski definition) is 4. The lowest BCUT2D eigenvalue weighted by molar-refractivity contribution is -0.142. The van der Waals surface area contributed by atoms with Crippen LogP contribution < -0.4 is 10.2 Å². The molecule has 0 spiro atoms. The monoisotopic (exact) mass is 328 g/mol. The first-order valence-corrected chi connectivity index (χ1v) is 7.76. The van der Waals surface area contributed by atoms with Gasteiger partial charge in [-0.2, -0.15) is 0 Å². The van der Waals surface area contributed by atoms with Crippen molar-refractivity contribution in [3.05, 3.63) is 48.6 Å². The first kappa shape index (κ1) is 17.5. The summed E-state index contributed by atoms with van der Waals surface area (Å²) in [5, 5.41) is 2.64. The summed E-state index contributed by atoms with van der Waals surface area (Å²) in [7, 11) is 0. The van der Waals surface area contributed by atoms with Crippen LogP contribution in [0.1, 0.15) is 19.8 Å². The van der Waals surface area contributed by atoms with Crippen LogP contribution in [0.4, 0.5) is 11.4 Å². The third kappa shape index (κ3) is 5.08. The largest absolute Gasteiger partial charge is 0.452 e. The minimum absolute atomic E-state index is 0.115. The van der Waals surface area contributed by atoms with E-state index in [1.165, 1.54) is 6.08 Å². The summed E-state index contributed by atoms with van der Waals surface area (Å²) < 4.78 is 4.82. The number of carbonyl (C=O) groups is 3. The highest BCUT2D eigenvalue weighted by atomic mass is 16.5. The van der Waals surface area contributed by atoms with E-state index in [0.29, 0.717) is 12.1 Å². The zero-order valence-corrected chi connectivity index (χ0v) is 13.5. The summed E-state index contributed by atoms with van der Waals surface area (Å²) in [6, 6.07) is 6.99. The van der Waals surface area contributed by atoms with Crippen LogP contribution in [-0.4, -0.2) is 30.9 Å². The van der Waals surface area contributed by atoms with Crippen molar-refractivity contribution in [1.82, 2.24) is 0 Å². The molecule has 0 aromatic heterocycles. The van der Waals surface area contributed by atoms with Crippen LogP contribution in [-0.2, 0) is 19.1 Å². The minimum atomic E-state index is -0.578. The predicted molar refractivity (Wildman–Crippen MR) is 91.6 cm³/mol. The van der Waals surface area contributed by atoms with E-state index in [2.05, 4.69) is 5.32 Å². The molecule has 0 atom stereocenters. The molecule has 1 aromatic rings. The van der Waals surface area contributed by atoms with Crippen molar-refractivity contribution < 1.29 is 19.1 Å². The van der Waals surface area contributed by atoms with Gasteiger partial charge in [0, 0.05) is 30.4 Å². The number of nitrogens with zero attached hydrogens (tertiary/aromatic N) is 1. The lowest BCUT2D eigenvalue weighted by Gasteiger charge is -2.16. The van der Waals surface area contributed by atoms with Crippen LogP contribution in [0.25, 0.3) is 0 Å². The van der Waals surface area contributed by atoms with Gasteiger partial charge in [0.25, 0.3) is 5.91 Å². The lowest BCUT2D eigenvalue weighted by atomic mass is 10.2. The summed E-state index contributed by atoms with van der Waals surface area (Å²) in [5.41, 5.74) is 1.40. The number of nitrogens with one attached hydrogen (secondary N) is 1. The lowest BCUT2D eigenvalue weighted by Crippen LogP contribution is -2.23. The molecule has 1 saturated heterocycles. The molecule has 1 aromatic carbocycles. The number of anilines is 2. The number of rotatable bonds is 6. The van der Waals surface area contributed by atoms with Gasteiger partial charge in [-0.1, -0.05) is 18.2 Å².